The number of pyridine rings is 1. The molecule has 11 heteroatoms. The number of aromatic nitrogens is 6. The lowest BCUT2D eigenvalue weighted by Gasteiger charge is -2.21. The second-order valence-corrected chi connectivity index (χ2v) is 8.47. The third-order valence-electron chi connectivity index (χ3n) is 4.68. The van der Waals surface area contributed by atoms with E-state index in [0.717, 1.165) is 24.4 Å². The first-order valence-corrected chi connectivity index (χ1v) is 10.7. The summed E-state index contributed by atoms with van der Waals surface area (Å²) in [5, 5.41) is 9.23. The first-order chi connectivity index (χ1) is 14.6. The number of nitrogens with one attached hydrogen (secondary N) is 1. The second kappa shape index (κ2) is 9.15. The van der Waals surface area contributed by atoms with Crippen molar-refractivity contribution in [1.82, 2.24) is 29.7 Å². The molecule has 0 amide bonds. The molecule has 9 nitrogen and oxygen atoms in total. The monoisotopic (exact) mass is 447 g/mol. The van der Waals surface area contributed by atoms with Gasteiger partial charge in [0, 0.05) is 31.6 Å². The Morgan fingerprint density at radius 1 is 1.20 bits per heavy atom. The van der Waals surface area contributed by atoms with Crippen molar-refractivity contribution in [2.45, 2.75) is 37.2 Å². The van der Waals surface area contributed by atoms with Gasteiger partial charge < -0.3 is 9.47 Å². The van der Waals surface area contributed by atoms with E-state index in [9.17, 15) is 0 Å². The summed E-state index contributed by atoms with van der Waals surface area (Å²) in [6.07, 6.45) is 5.00. The van der Waals surface area contributed by atoms with Gasteiger partial charge in [-0.25, -0.2) is 15.0 Å². The Bertz CT molecular complexity index is 997. The van der Waals surface area contributed by atoms with E-state index in [2.05, 4.69) is 34.4 Å². The van der Waals surface area contributed by atoms with Crippen molar-refractivity contribution in [3.63, 3.8) is 0 Å². The number of ether oxygens (including phenoxy) is 2. The van der Waals surface area contributed by atoms with Crippen molar-refractivity contribution in [2.75, 3.05) is 18.9 Å². The highest BCUT2D eigenvalue weighted by Gasteiger charge is 2.31. The van der Waals surface area contributed by atoms with E-state index in [1.165, 1.54) is 11.9 Å². The highest BCUT2D eigenvalue weighted by molar-refractivity contribution is 8.01. The molecule has 0 spiro atoms. The second-order valence-electron chi connectivity index (χ2n) is 6.85. The normalized spacial score (nSPS) is 15.6. The molecular formula is C19H22ClN7O2S. The zero-order valence-corrected chi connectivity index (χ0v) is 18.4. The minimum Gasteiger partial charge on any atom is -0.481 e. The van der Waals surface area contributed by atoms with Gasteiger partial charge in [-0.3, -0.25) is 9.29 Å². The van der Waals surface area contributed by atoms with Gasteiger partial charge in [-0.05, 0) is 37.8 Å². The summed E-state index contributed by atoms with van der Waals surface area (Å²) in [6, 6.07) is 5.97. The summed E-state index contributed by atoms with van der Waals surface area (Å²) in [6.45, 7) is 2.03. The number of methoxy groups -OCH3 is 2. The number of nitrogens with zero attached hydrogens (tertiary/aromatic N) is 6. The van der Waals surface area contributed by atoms with E-state index in [1.54, 1.807) is 26.6 Å². The smallest absolute Gasteiger partial charge is 0.235 e. The molecule has 0 bridgehead atoms. The molecular weight excluding hydrogens is 426 g/mol. The molecule has 1 aliphatic rings. The maximum Gasteiger partial charge on any atom is 0.235 e. The Morgan fingerprint density at radius 2 is 1.97 bits per heavy atom. The molecule has 30 heavy (non-hydrogen) atoms. The third kappa shape index (κ3) is 4.50. The topological polar surface area (TPSA) is 99.9 Å². The molecule has 3 heterocycles. The average molecular weight is 448 g/mol. The molecule has 2 atom stereocenters. The van der Waals surface area contributed by atoms with Crippen LogP contribution in [0.5, 0.6) is 5.88 Å². The minimum absolute atomic E-state index is 0.000997. The maximum absolute atomic E-state index is 5.89. The SMILES string of the molecule is COc1cccc(-c2nnc(NSC(C)[C@H](OC)c3ncc(Cl)cn3)n2C2CC2)n1. The van der Waals surface area contributed by atoms with E-state index < -0.39 is 0 Å². The molecule has 1 aliphatic carbocycles. The van der Waals surface area contributed by atoms with Crippen LogP contribution in [0.2, 0.25) is 5.02 Å². The van der Waals surface area contributed by atoms with Gasteiger partial charge in [0.25, 0.3) is 0 Å². The summed E-state index contributed by atoms with van der Waals surface area (Å²) in [5.74, 6) is 2.52. The third-order valence-corrected chi connectivity index (χ3v) is 5.80. The van der Waals surface area contributed by atoms with E-state index in [1.807, 2.05) is 25.1 Å². The van der Waals surface area contributed by atoms with Crippen molar-refractivity contribution in [1.29, 1.82) is 0 Å². The molecule has 3 aromatic rings. The van der Waals surface area contributed by atoms with Gasteiger partial charge in [-0.15, -0.1) is 10.2 Å². The van der Waals surface area contributed by atoms with E-state index in [4.69, 9.17) is 21.1 Å². The molecule has 1 saturated carbocycles. The molecule has 3 aromatic heterocycles. The van der Waals surface area contributed by atoms with Crippen molar-refractivity contribution in [3.05, 3.63) is 41.4 Å². The van der Waals surface area contributed by atoms with Crippen LogP contribution in [0.4, 0.5) is 5.95 Å². The summed E-state index contributed by atoms with van der Waals surface area (Å²) in [7, 11) is 3.23. The van der Waals surface area contributed by atoms with Crippen molar-refractivity contribution >= 4 is 29.5 Å². The summed E-state index contributed by atoms with van der Waals surface area (Å²) in [4.78, 5) is 13.1. The Kier molecular flexibility index (Phi) is 6.35. The number of hydrogen-bond donors (Lipinski definition) is 1. The van der Waals surface area contributed by atoms with Gasteiger partial charge in [0.1, 0.15) is 11.8 Å². The fourth-order valence-electron chi connectivity index (χ4n) is 3.05. The van der Waals surface area contributed by atoms with Crippen molar-refractivity contribution in [2.24, 2.45) is 0 Å². The molecule has 1 N–H and O–H groups in total. The van der Waals surface area contributed by atoms with Gasteiger partial charge in [0.05, 0.1) is 17.4 Å². The highest BCUT2D eigenvalue weighted by atomic mass is 35.5. The van der Waals surface area contributed by atoms with Crippen LogP contribution in [0.25, 0.3) is 11.5 Å². The fourth-order valence-corrected chi connectivity index (χ4v) is 3.94. The van der Waals surface area contributed by atoms with Crippen LogP contribution in [0.15, 0.2) is 30.6 Å². The summed E-state index contributed by atoms with van der Waals surface area (Å²) >= 11 is 7.37. The molecule has 0 aromatic carbocycles. The van der Waals surface area contributed by atoms with Crippen molar-refractivity contribution < 1.29 is 9.47 Å². The highest BCUT2D eigenvalue weighted by Crippen LogP contribution is 2.41. The Labute approximate surface area is 183 Å². The number of rotatable bonds is 9. The maximum atomic E-state index is 5.89. The van der Waals surface area contributed by atoms with E-state index >= 15 is 0 Å². The summed E-state index contributed by atoms with van der Waals surface area (Å²) < 4.78 is 16.3. The zero-order chi connectivity index (χ0) is 21.1. The molecule has 4 rings (SSSR count). The molecule has 0 radical (unpaired) electrons. The van der Waals surface area contributed by atoms with Crippen LogP contribution >= 0.6 is 23.5 Å². The standard InChI is InChI=1S/C19H22ClN7O2S/c1-11(16(29-3)17-21-9-12(20)10-22-17)30-26-19-25-24-18(27(19)13-7-8-13)14-5-4-6-15(23-14)28-2/h4-6,9-11,13,16H,7-8H2,1-3H3,(H,25,26)/t11?,16-/m0/s1. The van der Waals surface area contributed by atoms with Crippen LogP contribution in [-0.4, -0.2) is 49.2 Å². The first-order valence-electron chi connectivity index (χ1n) is 9.49. The van der Waals surface area contributed by atoms with Crippen LogP contribution in [0.1, 0.15) is 37.7 Å². The first kappa shape index (κ1) is 20.8. The largest absolute Gasteiger partial charge is 0.481 e. The van der Waals surface area contributed by atoms with E-state index in [0.29, 0.717) is 28.7 Å². The quantitative estimate of drug-likeness (QED) is 0.488. The average Bonchev–Trinajstić information content (AvgIpc) is 3.52. The number of anilines is 1. The van der Waals surface area contributed by atoms with Crippen LogP contribution < -0.4 is 9.46 Å². The van der Waals surface area contributed by atoms with Gasteiger partial charge in [-0.2, -0.15) is 0 Å². The van der Waals surface area contributed by atoms with E-state index in [-0.39, 0.29) is 11.4 Å². The lowest BCUT2D eigenvalue weighted by Crippen LogP contribution is -2.19. The van der Waals surface area contributed by atoms with Gasteiger partial charge >= 0.3 is 0 Å². The van der Waals surface area contributed by atoms with Gasteiger partial charge in [-0.1, -0.05) is 17.7 Å². The zero-order valence-electron chi connectivity index (χ0n) is 16.8. The molecule has 1 fully saturated rings. The molecule has 0 aliphatic heterocycles. The Morgan fingerprint density at radius 3 is 2.63 bits per heavy atom. The number of halogens is 1. The lowest BCUT2D eigenvalue weighted by atomic mass is 10.2. The van der Waals surface area contributed by atoms with Crippen LogP contribution in [-0.2, 0) is 4.74 Å². The Hall–Kier alpha value is -2.43. The number of hydrogen-bond acceptors (Lipinski definition) is 9. The summed E-state index contributed by atoms with van der Waals surface area (Å²) in [5.41, 5.74) is 0.726. The minimum atomic E-state index is -0.309. The van der Waals surface area contributed by atoms with Crippen LogP contribution in [0, 0.1) is 0 Å². The van der Waals surface area contributed by atoms with Crippen molar-refractivity contribution in [3.8, 4) is 17.4 Å². The predicted octanol–water partition coefficient (Wildman–Crippen LogP) is 3.96. The van der Waals surface area contributed by atoms with Gasteiger partial charge in [0.15, 0.2) is 11.6 Å². The predicted molar refractivity (Wildman–Crippen MR) is 116 cm³/mol. The van der Waals surface area contributed by atoms with Crippen LogP contribution in [0.3, 0.4) is 0 Å². The molecule has 1 unspecified atom stereocenters. The fraction of sp³-hybridized carbons (Fsp3) is 0.421. The molecule has 0 saturated heterocycles. The van der Waals surface area contributed by atoms with Gasteiger partial charge in [0.2, 0.25) is 11.8 Å². The lowest BCUT2D eigenvalue weighted by molar-refractivity contribution is 0.0972. The Balaban J connectivity index is 1.52. The molecule has 158 valence electrons.